The molecule has 3 aromatic rings. The molecule has 1 atom stereocenters. The summed E-state index contributed by atoms with van der Waals surface area (Å²) in [5.74, 6) is 0.546. The van der Waals surface area contributed by atoms with Gasteiger partial charge in [0, 0.05) is 19.3 Å². The number of benzene rings is 2. The average molecular weight is 483 g/mol. The van der Waals surface area contributed by atoms with Gasteiger partial charge in [-0.05, 0) is 55.5 Å². The Bertz CT molecular complexity index is 1340. The summed E-state index contributed by atoms with van der Waals surface area (Å²) in [5, 5.41) is 1.34. The number of rotatable bonds is 6. The minimum atomic E-state index is -0.524. The Labute approximate surface area is 202 Å². The van der Waals surface area contributed by atoms with Gasteiger partial charge in [0.1, 0.15) is 11.6 Å². The number of hydrogen-bond donors (Lipinski definition) is 0. The molecule has 1 saturated carbocycles. The number of ketones is 2. The number of hydrogen-bond acceptors (Lipinski definition) is 4. The largest absolute Gasteiger partial charge is 0.299 e. The summed E-state index contributed by atoms with van der Waals surface area (Å²) >= 11 is 12.0. The molecule has 1 unspecified atom stereocenters. The monoisotopic (exact) mass is 482 g/mol. The van der Waals surface area contributed by atoms with Crippen LogP contribution in [0.5, 0.6) is 0 Å². The van der Waals surface area contributed by atoms with E-state index in [0.29, 0.717) is 52.5 Å². The second kappa shape index (κ2) is 9.62. The molecule has 1 aliphatic carbocycles. The maximum atomic E-state index is 13.5. The molecule has 0 aliphatic heterocycles. The standard InChI is InChI=1S/C26H24Cl2N2O3/c1-15-6-11-23(24(32)12-15)30-16(2)29-22-5-3-4-18(25(22)26(30)33)8-9-19(31)13-17-7-10-20(27)21(28)14-17/h3-5,7,10,14,23H,1,6,8-9,11-13H2,2H3. The molecule has 0 saturated heterocycles. The average Bonchev–Trinajstić information content (AvgIpc) is 2.76. The lowest BCUT2D eigenvalue weighted by Crippen LogP contribution is -2.35. The molecule has 5 nitrogen and oxygen atoms in total. The van der Waals surface area contributed by atoms with Gasteiger partial charge in [-0.25, -0.2) is 4.98 Å². The Morgan fingerprint density at radius 2 is 1.97 bits per heavy atom. The smallest absolute Gasteiger partial charge is 0.262 e. The van der Waals surface area contributed by atoms with Gasteiger partial charge in [0.2, 0.25) is 0 Å². The molecular formula is C26H24Cl2N2O3. The minimum Gasteiger partial charge on any atom is -0.299 e. The normalized spacial score (nSPS) is 16.4. The van der Waals surface area contributed by atoms with Crippen LogP contribution in [-0.4, -0.2) is 21.1 Å². The lowest BCUT2D eigenvalue weighted by molar-refractivity contribution is -0.122. The number of nitrogens with zero attached hydrogens (tertiary/aromatic N) is 2. The van der Waals surface area contributed by atoms with E-state index < -0.39 is 6.04 Å². The summed E-state index contributed by atoms with van der Waals surface area (Å²) in [7, 11) is 0. The zero-order valence-electron chi connectivity index (χ0n) is 18.4. The van der Waals surface area contributed by atoms with Gasteiger partial charge >= 0.3 is 0 Å². The first-order valence-corrected chi connectivity index (χ1v) is 11.7. The number of aryl methyl sites for hydroxylation is 2. The fourth-order valence-electron chi connectivity index (χ4n) is 4.46. The number of allylic oxidation sites excluding steroid dienone is 1. The molecule has 33 heavy (non-hydrogen) atoms. The molecule has 1 aromatic heterocycles. The number of fused-ring (bicyclic) bond motifs is 1. The van der Waals surface area contributed by atoms with Gasteiger partial charge in [0.15, 0.2) is 5.78 Å². The lowest BCUT2D eigenvalue weighted by Gasteiger charge is -2.26. The number of carbonyl (C=O) groups excluding carboxylic acids is 2. The van der Waals surface area contributed by atoms with E-state index in [0.717, 1.165) is 16.7 Å². The Morgan fingerprint density at radius 3 is 2.70 bits per heavy atom. The molecule has 170 valence electrons. The van der Waals surface area contributed by atoms with Gasteiger partial charge in [-0.3, -0.25) is 19.0 Å². The van der Waals surface area contributed by atoms with E-state index >= 15 is 0 Å². The highest BCUT2D eigenvalue weighted by Gasteiger charge is 2.28. The molecule has 0 N–H and O–H groups in total. The molecule has 0 amide bonds. The van der Waals surface area contributed by atoms with Crippen LogP contribution in [0.4, 0.5) is 0 Å². The number of halogens is 2. The van der Waals surface area contributed by atoms with Crippen LogP contribution in [0.15, 0.2) is 53.3 Å². The van der Waals surface area contributed by atoms with Crippen molar-refractivity contribution in [3.63, 3.8) is 0 Å². The van der Waals surface area contributed by atoms with Crippen molar-refractivity contribution in [1.29, 1.82) is 0 Å². The summed E-state index contributed by atoms with van der Waals surface area (Å²) in [5.41, 5.74) is 2.81. The quantitative estimate of drug-likeness (QED) is 0.428. The molecule has 4 rings (SSSR count). The van der Waals surface area contributed by atoms with Crippen LogP contribution in [0.1, 0.15) is 48.7 Å². The number of Topliss-reactive ketones (excluding diaryl/α,β-unsaturated/α-hetero) is 2. The molecule has 0 radical (unpaired) electrons. The van der Waals surface area contributed by atoms with Gasteiger partial charge < -0.3 is 0 Å². The van der Waals surface area contributed by atoms with Gasteiger partial charge in [-0.15, -0.1) is 0 Å². The maximum Gasteiger partial charge on any atom is 0.262 e. The summed E-state index contributed by atoms with van der Waals surface area (Å²) < 4.78 is 1.53. The number of carbonyl (C=O) groups is 2. The summed E-state index contributed by atoms with van der Waals surface area (Å²) in [6.07, 6.45) is 2.48. The van der Waals surface area contributed by atoms with Crippen LogP contribution >= 0.6 is 23.2 Å². The predicted octanol–water partition coefficient (Wildman–Crippen LogP) is 5.61. The van der Waals surface area contributed by atoms with Crippen LogP contribution < -0.4 is 5.56 Å². The first-order chi connectivity index (χ1) is 15.7. The van der Waals surface area contributed by atoms with E-state index in [9.17, 15) is 14.4 Å². The van der Waals surface area contributed by atoms with E-state index in [1.165, 1.54) is 4.57 Å². The van der Waals surface area contributed by atoms with Gasteiger partial charge in [0.05, 0.1) is 27.0 Å². The highest BCUT2D eigenvalue weighted by Crippen LogP contribution is 2.29. The SMILES string of the molecule is C=C1CCC(n2c(C)nc3cccc(CCC(=O)Cc4ccc(Cl)c(Cl)c4)c3c2=O)C(=O)C1. The predicted molar refractivity (Wildman–Crippen MR) is 131 cm³/mol. The first-order valence-electron chi connectivity index (χ1n) is 10.9. The minimum absolute atomic E-state index is 0.00751. The Morgan fingerprint density at radius 1 is 1.18 bits per heavy atom. The Kier molecular flexibility index (Phi) is 6.82. The van der Waals surface area contributed by atoms with Crippen LogP contribution in [0.2, 0.25) is 10.0 Å². The van der Waals surface area contributed by atoms with E-state index in [4.69, 9.17) is 23.2 Å². The van der Waals surface area contributed by atoms with Gasteiger partial charge in [-0.2, -0.15) is 0 Å². The van der Waals surface area contributed by atoms with Crippen molar-refractivity contribution in [1.82, 2.24) is 9.55 Å². The Balaban J connectivity index is 1.61. The third kappa shape index (κ3) is 4.94. The zero-order valence-corrected chi connectivity index (χ0v) is 19.9. The van der Waals surface area contributed by atoms with Crippen LogP contribution in [0.25, 0.3) is 10.9 Å². The fourth-order valence-corrected chi connectivity index (χ4v) is 4.79. The van der Waals surface area contributed by atoms with Crippen molar-refractivity contribution in [2.75, 3.05) is 0 Å². The molecule has 7 heteroatoms. The second-order valence-corrected chi connectivity index (χ2v) is 9.37. The molecule has 1 fully saturated rings. The third-order valence-electron chi connectivity index (χ3n) is 6.13. The van der Waals surface area contributed by atoms with Crippen molar-refractivity contribution >= 4 is 45.7 Å². The van der Waals surface area contributed by atoms with E-state index in [1.807, 2.05) is 12.1 Å². The second-order valence-electron chi connectivity index (χ2n) is 8.56. The van der Waals surface area contributed by atoms with Crippen LogP contribution in [0.3, 0.4) is 0 Å². The summed E-state index contributed by atoms with van der Waals surface area (Å²) in [6.45, 7) is 5.67. The third-order valence-corrected chi connectivity index (χ3v) is 6.87. The van der Waals surface area contributed by atoms with Gasteiger partial charge in [0.25, 0.3) is 5.56 Å². The topological polar surface area (TPSA) is 69.0 Å². The molecule has 1 aliphatic rings. The molecule has 1 heterocycles. The summed E-state index contributed by atoms with van der Waals surface area (Å²) in [4.78, 5) is 43.4. The van der Waals surface area contributed by atoms with Crippen molar-refractivity contribution in [3.05, 3.63) is 85.9 Å². The highest BCUT2D eigenvalue weighted by atomic mass is 35.5. The zero-order chi connectivity index (χ0) is 23.7. The van der Waals surface area contributed by atoms with E-state index in [1.54, 1.807) is 31.2 Å². The molecule has 2 aromatic carbocycles. The van der Waals surface area contributed by atoms with Crippen LogP contribution in [0, 0.1) is 6.92 Å². The maximum absolute atomic E-state index is 13.5. The fraction of sp³-hybridized carbons (Fsp3) is 0.308. The van der Waals surface area contributed by atoms with Crippen molar-refractivity contribution in [2.45, 2.75) is 51.5 Å². The molecular weight excluding hydrogens is 459 g/mol. The number of aromatic nitrogens is 2. The summed E-state index contributed by atoms with van der Waals surface area (Å²) in [6, 6.07) is 10.1. The molecule has 0 bridgehead atoms. The Hall–Kier alpha value is -2.76. The van der Waals surface area contributed by atoms with Crippen molar-refractivity contribution in [3.8, 4) is 0 Å². The van der Waals surface area contributed by atoms with E-state index in [-0.39, 0.29) is 30.0 Å². The van der Waals surface area contributed by atoms with Crippen molar-refractivity contribution < 1.29 is 9.59 Å². The molecule has 0 spiro atoms. The lowest BCUT2D eigenvalue weighted by atomic mass is 9.90. The van der Waals surface area contributed by atoms with Crippen molar-refractivity contribution in [2.24, 2.45) is 0 Å². The van der Waals surface area contributed by atoms with Crippen LogP contribution in [-0.2, 0) is 22.4 Å². The highest BCUT2D eigenvalue weighted by molar-refractivity contribution is 6.42. The van der Waals surface area contributed by atoms with E-state index in [2.05, 4.69) is 11.6 Å². The van der Waals surface area contributed by atoms with Gasteiger partial charge in [-0.1, -0.05) is 53.6 Å². The first kappa shape index (κ1) is 23.4.